The Labute approximate surface area is 202 Å². The van der Waals surface area contributed by atoms with Crippen LogP contribution in [0.1, 0.15) is 32.6 Å². The molecule has 0 aromatic heterocycles. The zero-order valence-electron chi connectivity index (χ0n) is 17.3. The molecular formula is C17H19F12IO5. The van der Waals surface area contributed by atoms with Crippen LogP contribution in [-0.2, 0) is 9.53 Å². The van der Waals surface area contributed by atoms with Gasteiger partial charge < -0.3 is 20.1 Å². The molecule has 1 aliphatic carbocycles. The van der Waals surface area contributed by atoms with E-state index in [0.29, 0.717) is 0 Å². The Bertz CT molecular complexity index is 683. The van der Waals surface area contributed by atoms with Crippen molar-refractivity contribution >= 4 is 28.6 Å². The second-order valence-corrected chi connectivity index (χ2v) is 10.2. The van der Waals surface area contributed by atoms with E-state index in [1.54, 1.807) is 0 Å². The van der Waals surface area contributed by atoms with Crippen molar-refractivity contribution in [2.75, 3.05) is 6.61 Å². The molecule has 0 bridgehead atoms. The van der Waals surface area contributed by atoms with E-state index in [1.165, 1.54) is 29.5 Å². The minimum Gasteiger partial charge on any atom is -0.461 e. The Morgan fingerprint density at radius 1 is 0.771 bits per heavy atom. The van der Waals surface area contributed by atoms with Crippen LogP contribution >= 0.6 is 22.6 Å². The lowest BCUT2D eigenvalue weighted by Crippen LogP contribution is -2.67. The lowest BCUT2D eigenvalue weighted by atomic mass is 9.65. The van der Waals surface area contributed by atoms with Crippen molar-refractivity contribution in [3.05, 3.63) is 0 Å². The Hall–Kier alpha value is -0.760. The van der Waals surface area contributed by atoms with Crippen LogP contribution in [0.4, 0.5) is 52.7 Å². The van der Waals surface area contributed by atoms with Crippen molar-refractivity contribution in [1.82, 2.24) is 0 Å². The predicted octanol–water partition coefficient (Wildman–Crippen LogP) is 4.60. The number of hydrogen-bond donors (Lipinski definition) is 3. The summed E-state index contributed by atoms with van der Waals surface area (Å²) in [4.78, 5) is 12.3. The summed E-state index contributed by atoms with van der Waals surface area (Å²) in [6.45, 7) is 0.265. The maximum Gasteiger partial charge on any atom is 0.426 e. The average Bonchev–Trinajstić information content (AvgIpc) is 2.68. The van der Waals surface area contributed by atoms with Crippen LogP contribution in [0.2, 0.25) is 0 Å². The van der Waals surface area contributed by atoms with Gasteiger partial charge in [-0.1, -0.05) is 29.5 Å². The van der Waals surface area contributed by atoms with Gasteiger partial charge in [0.15, 0.2) is 0 Å². The largest absolute Gasteiger partial charge is 0.461 e. The van der Waals surface area contributed by atoms with E-state index < -0.39 is 89.1 Å². The molecule has 0 aromatic carbocycles. The third-order valence-electron chi connectivity index (χ3n) is 6.02. The predicted molar refractivity (Wildman–Crippen MR) is 99.0 cm³/mol. The first-order valence-electron chi connectivity index (χ1n) is 9.56. The molecule has 3 N–H and O–H groups in total. The van der Waals surface area contributed by atoms with E-state index in [4.69, 9.17) is 0 Å². The summed E-state index contributed by atoms with van der Waals surface area (Å²) in [5.74, 6) is -8.41. The van der Waals surface area contributed by atoms with Crippen molar-refractivity contribution in [2.45, 2.75) is 78.0 Å². The summed E-state index contributed by atoms with van der Waals surface area (Å²) in [6, 6.07) is 0. The van der Waals surface area contributed by atoms with Gasteiger partial charge in [0.2, 0.25) is 0 Å². The lowest BCUT2D eigenvalue weighted by molar-refractivity contribution is -0.405. The molecular weight excluding hydrogens is 639 g/mol. The van der Waals surface area contributed by atoms with Crippen molar-refractivity contribution in [3.63, 3.8) is 0 Å². The summed E-state index contributed by atoms with van der Waals surface area (Å²) in [7, 11) is 0. The van der Waals surface area contributed by atoms with Crippen LogP contribution in [-0.4, -0.2) is 73.3 Å². The summed E-state index contributed by atoms with van der Waals surface area (Å²) in [5.41, 5.74) is -11.6. The number of carbonyl (C=O) groups excluding carboxylic acids is 1. The molecule has 0 saturated heterocycles. The second-order valence-electron chi connectivity index (χ2n) is 8.13. The highest BCUT2D eigenvalue weighted by Crippen LogP contribution is 2.58. The van der Waals surface area contributed by atoms with Gasteiger partial charge in [0, 0.05) is 11.8 Å². The van der Waals surface area contributed by atoms with E-state index in [-0.39, 0.29) is 6.42 Å². The summed E-state index contributed by atoms with van der Waals surface area (Å²) >= 11 is 1.28. The van der Waals surface area contributed by atoms with Crippen LogP contribution < -0.4 is 0 Å². The fraction of sp³-hybridized carbons (Fsp3) is 0.941. The van der Waals surface area contributed by atoms with Crippen LogP contribution in [0, 0.1) is 11.8 Å². The highest BCUT2D eigenvalue weighted by atomic mass is 127. The molecule has 3 unspecified atom stereocenters. The SMILES string of the molecule is CCC(I)(CO)C(=O)OC1CC(C(O)(C(F)(F)F)C(F)(F)F)CC(C(O)(C(F)(F)F)C(F)(F)F)C1. The van der Waals surface area contributed by atoms with Gasteiger partial charge in [-0.25, -0.2) is 0 Å². The lowest BCUT2D eigenvalue weighted by Gasteiger charge is -2.48. The first-order chi connectivity index (χ1) is 15.3. The average molecular weight is 658 g/mol. The van der Waals surface area contributed by atoms with Gasteiger partial charge in [0.25, 0.3) is 11.2 Å². The molecule has 0 heterocycles. The molecule has 1 saturated carbocycles. The maximum absolute atomic E-state index is 13.3. The second kappa shape index (κ2) is 9.85. The first-order valence-corrected chi connectivity index (χ1v) is 10.6. The quantitative estimate of drug-likeness (QED) is 0.168. The number of aliphatic hydroxyl groups excluding tert-OH is 1. The molecule has 0 aromatic rings. The Balaban J connectivity index is 3.70. The van der Waals surface area contributed by atoms with E-state index in [2.05, 4.69) is 4.74 Å². The number of halogens is 13. The Kier molecular flexibility index (Phi) is 9.08. The third kappa shape index (κ3) is 5.73. The summed E-state index contributed by atoms with van der Waals surface area (Å²) in [6.07, 6.45) is -34.7. The van der Waals surface area contributed by atoms with Gasteiger partial charge in [0.1, 0.15) is 9.53 Å². The van der Waals surface area contributed by atoms with Crippen molar-refractivity contribution < 1.29 is 77.5 Å². The molecule has 0 amide bonds. The molecule has 18 heteroatoms. The number of hydrogen-bond acceptors (Lipinski definition) is 5. The molecule has 5 nitrogen and oxygen atoms in total. The van der Waals surface area contributed by atoms with Crippen molar-refractivity contribution in [2.24, 2.45) is 11.8 Å². The van der Waals surface area contributed by atoms with Crippen LogP contribution in [0.25, 0.3) is 0 Å². The van der Waals surface area contributed by atoms with Crippen LogP contribution in [0.15, 0.2) is 0 Å². The van der Waals surface area contributed by atoms with Gasteiger partial charge in [-0.2, -0.15) is 52.7 Å². The van der Waals surface area contributed by atoms with E-state index in [0.717, 1.165) is 0 Å². The highest BCUT2D eigenvalue weighted by molar-refractivity contribution is 14.1. The van der Waals surface area contributed by atoms with E-state index >= 15 is 0 Å². The smallest absolute Gasteiger partial charge is 0.426 e. The molecule has 208 valence electrons. The fourth-order valence-electron chi connectivity index (χ4n) is 3.87. The van der Waals surface area contributed by atoms with Crippen LogP contribution in [0.5, 0.6) is 0 Å². The molecule has 0 spiro atoms. The number of alkyl halides is 13. The molecule has 3 atom stereocenters. The number of rotatable bonds is 6. The molecule has 0 radical (unpaired) electrons. The number of aliphatic hydroxyl groups is 3. The molecule has 1 rings (SSSR count). The van der Waals surface area contributed by atoms with Crippen LogP contribution in [0.3, 0.4) is 0 Å². The number of carbonyl (C=O) groups is 1. The van der Waals surface area contributed by atoms with Gasteiger partial charge >= 0.3 is 30.7 Å². The van der Waals surface area contributed by atoms with Gasteiger partial charge in [-0.3, -0.25) is 4.79 Å². The summed E-state index contributed by atoms with van der Waals surface area (Å²) < 4.78 is 163. The van der Waals surface area contributed by atoms with Gasteiger partial charge in [-0.15, -0.1) is 0 Å². The third-order valence-corrected chi connectivity index (χ3v) is 7.57. The highest BCUT2D eigenvalue weighted by Gasteiger charge is 2.78. The monoisotopic (exact) mass is 658 g/mol. The summed E-state index contributed by atoms with van der Waals surface area (Å²) in [5, 5.41) is 28.5. The Morgan fingerprint density at radius 3 is 1.31 bits per heavy atom. The fourth-order valence-corrected chi connectivity index (χ4v) is 4.00. The molecule has 35 heavy (non-hydrogen) atoms. The first kappa shape index (κ1) is 32.3. The van der Waals surface area contributed by atoms with Gasteiger partial charge in [0.05, 0.1) is 6.61 Å². The van der Waals surface area contributed by atoms with E-state index in [1.807, 2.05) is 0 Å². The van der Waals surface area contributed by atoms with Crippen molar-refractivity contribution in [3.8, 4) is 0 Å². The number of ether oxygens (including phenoxy) is 1. The standard InChI is InChI=1S/C17H19F12IO5/c1-2-11(30,6-31)10(32)35-9-4-7(12(33,14(18,19)20)15(21,22)23)3-8(5-9)13(34,16(24,25)26)17(27,28)29/h7-9,31,33-34H,2-6H2,1H3. The van der Waals surface area contributed by atoms with E-state index in [9.17, 15) is 72.8 Å². The normalized spacial score (nSPS) is 25.2. The number of esters is 1. The molecule has 1 fully saturated rings. The zero-order chi connectivity index (χ0) is 28.1. The molecule has 0 aliphatic heterocycles. The minimum atomic E-state index is -6.62. The topological polar surface area (TPSA) is 87.0 Å². The minimum absolute atomic E-state index is 0.257. The maximum atomic E-state index is 13.3. The van der Waals surface area contributed by atoms with Crippen molar-refractivity contribution in [1.29, 1.82) is 0 Å². The molecule has 1 aliphatic rings. The Morgan fingerprint density at radius 2 is 1.09 bits per heavy atom. The zero-order valence-corrected chi connectivity index (χ0v) is 19.5. The van der Waals surface area contributed by atoms with Gasteiger partial charge in [-0.05, 0) is 25.7 Å².